The molecular formula is C15H22ClF2N3O3S. The van der Waals surface area contributed by atoms with E-state index in [9.17, 15) is 22.0 Å². The molecule has 1 saturated heterocycles. The van der Waals surface area contributed by atoms with E-state index in [2.05, 4.69) is 16.0 Å². The Labute approximate surface area is 152 Å². The van der Waals surface area contributed by atoms with Crippen LogP contribution in [0.5, 0.6) is 0 Å². The third kappa shape index (κ3) is 5.52. The van der Waals surface area contributed by atoms with Gasteiger partial charge in [0.15, 0.2) is 0 Å². The Hall–Kier alpha value is -1.45. The maximum atomic E-state index is 12.7. The van der Waals surface area contributed by atoms with Gasteiger partial charge < -0.3 is 16.0 Å². The lowest BCUT2D eigenvalue weighted by atomic mass is 10.1. The average Bonchev–Trinajstić information content (AvgIpc) is 3.01. The Morgan fingerprint density at radius 2 is 2.08 bits per heavy atom. The molecule has 142 valence electrons. The van der Waals surface area contributed by atoms with Gasteiger partial charge in [0.25, 0.3) is 0 Å². The molecule has 0 bridgehead atoms. The summed E-state index contributed by atoms with van der Waals surface area (Å²) in [5.74, 6) is -3.80. The van der Waals surface area contributed by atoms with Crippen molar-refractivity contribution >= 4 is 39.5 Å². The Morgan fingerprint density at radius 3 is 2.64 bits per heavy atom. The summed E-state index contributed by atoms with van der Waals surface area (Å²) >= 11 is 0. The van der Waals surface area contributed by atoms with Crippen LogP contribution < -0.4 is 16.0 Å². The highest BCUT2D eigenvalue weighted by atomic mass is 35.5. The zero-order valence-corrected chi connectivity index (χ0v) is 15.4. The van der Waals surface area contributed by atoms with Gasteiger partial charge in [-0.15, -0.1) is 12.4 Å². The summed E-state index contributed by atoms with van der Waals surface area (Å²) in [6, 6.07) is 3.63. The quantitative estimate of drug-likeness (QED) is 0.658. The molecule has 1 aromatic rings. The Kier molecular flexibility index (Phi) is 8.04. The van der Waals surface area contributed by atoms with Crippen molar-refractivity contribution in [1.29, 1.82) is 0 Å². The summed E-state index contributed by atoms with van der Waals surface area (Å²) in [6.07, 6.45) is 2.15. The predicted molar refractivity (Wildman–Crippen MR) is 95.3 cm³/mol. The first-order valence-corrected chi connectivity index (χ1v) is 9.32. The lowest BCUT2D eigenvalue weighted by Gasteiger charge is -2.15. The third-order valence-electron chi connectivity index (χ3n) is 3.79. The number of nitrogens with one attached hydrogen (secondary N) is 3. The molecule has 0 spiro atoms. The number of sulfone groups is 1. The lowest BCUT2D eigenvalue weighted by Crippen LogP contribution is -2.27. The maximum Gasteiger partial charge on any atom is 0.341 e. The van der Waals surface area contributed by atoms with Gasteiger partial charge in [0, 0.05) is 19.0 Å². The number of hydrogen-bond donors (Lipinski definition) is 3. The van der Waals surface area contributed by atoms with Crippen LogP contribution >= 0.6 is 12.4 Å². The van der Waals surface area contributed by atoms with Crippen molar-refractivity contribution in [2.75, 3.05) is 23.7 Å². The van der Waals surface area contributed by atoms with Crippen molar-refractivity contribution in [3.8, 4) is 0 Å². The topological polar surface area (TPSA) is 87.3 Å². The first-order chi connectivity index (χ1) is 11.3. The lowest BCUT2D eigenvalue weighted by molar-refractivity contribution is -0.116. The van der Waals surface area contributed by atoms with Crippen LogP contribution in [0.25, 0.3) is 0 Å². The van der Waals surface area contributed by atoms with E-state index in [1.54, 1.807) is 0 Å². The molecule has 1 fully saturated rings. The van der Waals surface area contributed by atoms with E-state index in [-0.39, 0.29) is 36.5 Å². The van der Waals surface area contributed by atoms with Crippen molar-refractivity contribution in [1.82, 2.24) is 5.32 Å². The smallest absolute Gasteiger partial charge is 0.341 e. The molecule has 0 aromatic heterocycles. The summed E-state index contributed by atoms with van der Waals surface area (Å²) in [4.78, 5) is 11.6. The molecule has 1 aliphatic rings. The summed E-state index contributed by atoms with van der Waals surface area (Å²) in [7, 11) is -4.71. The molecule has 1 aromatic carbocycles. The number of carbonyl (C=O) groups is 1. The normalized spacial score (nSPS) is 17.2. The minimum Gasteiger partial charge on any atom is -0.384 e. The van der Waals surface area contributed by atoms with Crippen LogP contribution in [-0.4, -0.2) is 39.2 Å². The molecule has 1 atom stereocenters. The van der Waals surface area contributed by atoms with E-state index < -0.39 is 20.5 Å². The molecule has 1 unspecified atom stereocenters. The standard InChI is InChI=1S/C15H21F2N3O3S.ClH/c1-2-18-12-6-5-11(24(22,23)15(16)17)9-13(12)20-14(21)8-10-4-3-7-19-10;/h5-6,9-10,15,18-19H,2-4,7-8H2,1H3,(H,20,21);1H. The Balaban J connectivity index is 0.00000312. The minimum absolute atomic E-state index is 0. The molecule has 6 nitrogen and oxygen atoms in total. The highest BCUT2D eigenvalue weighted by Gasteiger charge is 2.27. The van der Waals surface area contributed by atoms with Crippen LogP contribution in [0.4, 0.5) is 20.2 Å². The number of benzene rings is 1. The van der Waals surface area contributed by atoms with Gasteiger partial charge in [-0.25, -0.2) is 8.42 Å². The van der Waals surface area contributed by atoms with Gasteiger partial charge in [0.2, 0.25) is 15.7 Å². The number of hydrogen-bond acceptors (Lipinski definition) is 5. The van der Waals surface area contributed by atoms with Crippen molar-refractivity contribution < 1.29 is 22.0 Å². The van der Waals surface area contributed by atoms with Crippen molar-refractivity contribution in [3.05, 3.63) is 18.2 Å². The number of anilines is 2. The van der Waals surface area contributed by atoms with E-state index in [0.717, 1.165) is 31.5 Å². The highest BCUT2D eigenvalue weighted by molar-refractivity contribution is 7.91. The first kappa shape index (κ1) is 21.6. The van der Waals surface area contributed by atoms with E-state index in [0.29, 0.717) is 12.2 Å². The third-order valence-corrected chi connectivity index (χ3v) is 5.17. The van der Waals surface area contributed by atoms with Crippen molar-refractivity contribution in [3.63, 3.8) is 0 Å². The minimum atomic E-state index is -4.71. The molecule has 3 N–H and O–H groups in total. The van der Waals surface area contributed by atoms with Gasteiger partial charge in [-0.3, -0.25) is 4.79 Å². The van der Waals surface area contributed by atoms with Gasteiger partial charge in [-0.2, -0.15) is 8.78 Å². The predicted octanol–water partition coefficient (Wildman–Crippen LogP) is 2.62. The molecule has 10 heteroatoms. The van der Waals surface area contributed by atoms with Gasteiger partial charge in [0.05, 0.1) is 16.3 Å². The molecule has 1 heterocycles. The zero-order valence-electron chi connectivity index (χ0n) is 13.7. The molecular weight excluding hydrogens is 376 g/mol. The van der Waals surface area contributed by atoms with Crippen LogP contribution in [0.15, 0.2) is 23.1 Å². The monoisotopic (exact) mass is 397 g/mol. The van der Waals surface area contributed by atoms with E-state index in [1.807, 2.05) is 6.92 Å². The number of alkyl halides is 2. The molecule has 25 heavy (non-hydrogen) atoms. The Morgan fingerprint density at radius 1 is 1.36 bits per heavy atom. The maximum absolute atomic E-state index is 12.7. The van der Waals surface area contributed by atoms with Gasteiger partial charge in [-0.1, -0.05) is 0 Å². The number of rotatable bonds is 7. The zero-order chi connectivity index (χ0) is 17.7. The molecule has 2 rings (SSSR count). The molecule has 0 radical (unpaired) electrons. The van der Waals surface area contributed by atoms with Gasteiger partial charge >= 0.3 is 5.76 Å². The second-order valence-corrected chi connectivity index (χ2v) is 7.51. The summed E-state index contributed by atoms with van der Waals surface area (Å²) in [5, 5.41) is 8.79. The molecule has 0 aliphatic carbocycles. The van der Waals surface area contributed by atoms with Crippen LogP contribution in [0.2, 0.25) is 0 Å². The van der Waals surface area contributed by atoms with E-state index in [4.69, 9.17) is 0 Å². The molecule has 1 amide bonds. The first-order valence-electron chi connectivity index (χ1n) is 7.77. The second kappa shape index (κ2) is 9.30. The van der Waals surface area contributed by atoms with Crippen LogP contribution in [0.1, 0.15) is 26.2 Å². The number of halogens is 3. The average molecular weight is 398 g/mol. The van der Waals surface area contributed by atoms with Crippen molar-refractivity contribution in [2.45, 2.75) is 42.9 Å². The largest absolute Gasteiger partial charge is 0.384 e. The summed E-state index contributed by atoms with van der Waals surface area (Å²) in [6.45, 7) is 3.23. The number of amides is 1. The fourth-order valence-corrected chi connectivity index (χ4v) is 3.35. The van der Waals surface area contributed by atoms with Gasteiger partial charge in [0.1, 0.15) is 0 Å². The fraction of sp³-hybridized carbons (Fsp3) is 0.533. The molecule has 1 aliphatic heterocycles. The Bertz CT molecular complexity index is 695. The van der Waals surface area contributed by atoms with Crippen LogP contribution in [0, 0.1) is 0 Å². The summed E-state index contributed by atoms with van der Waals surface area (Å²) in [5.41, 5.74) is 0.667. The summed E-state index contributed by atoms with van der Waals surface area (Å²) < 4.78 is 48.7. The molecule has 0 saturated carbocycles. The van der Waals surface area contributed by atoms with Crippen LogP contribution in [0.3, 0.4) is 0 Å². The SMILES string of the molecule is CCNc1ccc(S(=O)(=O)C(F)F)cc1NC(=O)CC1CCCN1.Cl. The van der Waals surface area contributed by atoms with Crippen LogP contribution in [-0.2, 0) is 14.6 Å². The number of carbonyl (C=O) groups excluding carboxylic acids is 1. The van der Waals surface area contributed by atoms with Crippen molar-refractivity contribution in [2.24, 2.45) is 0 Å². The fourth-order valence-electron chi connectivity index (χ4n) is 2.61. The highest BCUT2D eigenvalue weighted by Crippen LogP contribution is 2.28. The second-order valence-electron chi connectivity index (χ2n) is 5.59. The van der Waals surface area contributed by atoms with E-state index >= 15 is 0 Å². The van der Waals surface area contributed by atoms with Gasteiger partial charge in [-0.05, 0) is 44.5 Å². The van der Waals surface area contributed by atoms with E-state index in [1.165, 1.54) is 6.07 Å².